The number of nitrogens with zero attached hydrogens (tertiary/aromatic N) is 3. The lowest BCUT2D eigenvalue weighted by atomic mass is 9.99. The number of furan rings is 2. The van der Waals surface area contributed by atoms with Crippen molar-refractivity contribution in [1.82, 2.24) is 14.5 Å². The summed E-state index contributed by atoms with van der Waals surface area (Å²) >= 11 is 0. The molecule has 4 aromatic heterocycles. The minimum atomic E-state index is 0.621. The normalized spacial score (nSPS) is 12.0. The maximum Gasteiger partial charge on any atom is 0.180 e. The summed E-state index contributed by atoms with van der Waals surface area (Å²) in [6.45, 7) is 0. The number of benzene rings is 8. The van der Waals surface area contributed by atoms with Gasteiger partial charge in [0, 0.05) is 43.7 Å². The van der Waals surface area contributed by atoms with Crippen LogP contribution < -0.4 is 0 Å². The van der Waals surface area contributed by atoms with E-state index < -0.39 is 0 Å². The summed E-state index contributed by atoms with van der Waals surface area (Å²) in [5.41, 5.74) is 12.3. The first-order valence-corrected chi connectivity index (χ1v) is 18.5. The molecule has 0 fully saturated rings. The average molecular weight is 704 g/mol. The topological polar surface area (TPSA) is 57.0 Å². The lowest BCUT2D eigenvalue weighted by Gasteiger charge is -2.09. The number of aromatic nitrogens is 3. The van der Waals surface area contributed by atoms with E-state index in [-0.39, 0.29) is 0 Å². The minimum absolute atomic E-state index is 0.621. The molecule has 0 amide bonds. The zero-order valence-corrected chi connectivity index (χ0v) is 29.4. The van der Waals surface area contributed by atoms with Crippen molar-refractivity contribution >= 4 is 76.6 Å². The maximum atomic E-state index is 6.51. The summed E-state index contributed by atoms with van der Waals surface area (Å²) in [6.07, 6.45) is 0. The summed E-state index contributed by atoms with van der Waals surface area (Å²) in [6, 6.07) is 61.5. The molecule has 5 nitrogen and oxygen atoms in total. The van der Waals surface area contributed by atoms with Gasteiger partial charge in [-0.25, -0.2) is 9.97 Å². The van der Waals surface area contributed by atoms with E-state index in [9.17, 15) is 0 Å². The predicted molar refractivity (Wildman–Crippen MR) is 225 cm³/mol. The van der Waals surface area contributed by atoms with Crippen LogP contribution in [-0.4, -0.2) is 14.5 Å². The molecule has 0 saturated heterocycles. The lowest BCUT2D eigenvalue weighted by Crippen LogP contribution is -1.94. The number of rotatable bonds is 4. The number of fused-ring (bicyclic) bond motifs is 10. The highest BCUT2D eigenvalue weighted by Crippen LogP contribution is 2.42. The van der Waals surface area contributed by atoms with E-state index in [2.05, 4.69) is 150 Å². The second-order valence-electron chi connectivity index (χ2n) is 14.1. The molecule has 0 N–H and O–H groups in total. The Labute approximate surface area is 314 Å². The Bertz CT molecular complexity index is 3500. The minimum Gasteiger partial charge on any atom is -0.456 e. The molecule has 5 heteroatoms. The summed E-state index contributed by atoms with van der Waals surface area (Å²) in [5.74, 6) is 0.621. The van der Waals surface area contributed by atoms with E-state index in [0.717, 1.165) is 77.4 Å². The van der Waals surface area contributed by atoms with Crippen molar-refractivity contribution in [1.29, 1.82) is 0 Å². The first-order chi connectivity index (χ1) is 27.2. The van der Waals surface area contributed by atoms with Crippen molar-refractivity contribution in [2.24, 2.45) is 0 Å². The van der Waals surface area contributed by atoms with Crippen LogP contribution in [0.2, 0.25) is 0 Å². The van der Waals surface area contributed by atoms with Gasteiger partial charge in [0.05, 0.1) is 11.0 Å². The van der Waals surface area contributed by atoms with Crippen molar-refractivity contribution < 1.29 is 8.83 Å². The fourth-order valence-electron chi connectivity index (χ4n) is 8.44. The molecule has 8 aromatic carbocycles. The molecule has 0 unspecified atom stereocenters. The Morgan fingerprint density at radius 1 is 0.418 bits per heavy atom. The monoisotopic (exact) mass is 703 g/mol. The molecule has 0 aliphatic carbocycles. The molecule has 0 spiro atoms. The molecule has 0 atom stereocenters. The highest BCUT2D eigenvalue weighted by molar-refractivity contribution is 6.15. The SMILES string of the molecule is c1ccc(-n2c3ccccc3c3cc(-c4ccc5oc6cccc(-c7nc(-c8ccc9ccccc9c8)c8oc9ccccc9c8n7)c6c5c4)ccc32)cc1. The molecule has 0 bridgehead atoms. The zero-order valence-electron chi connectivity index (χ0n) is 29.4. The molecule has 0 radical (unpaired) electrons. The summed E-state index contributed by atoms with van der Waals surface area (Å²) in [7, 11) is 0. The molecular formula is C50H29N3O2. The molecule has 0 saturated carbocycles. The van der Waals surface area contributed by atoms with Crippen molar-refractivity contribution in [2.75, 3.05) is 0 Å². The third-order valence-corrected chi connectivity index (χ3v) is 11.0. The van der Waals surface area contributed by atoms with Crippen LogP contribution in [0.25, 0.3) is 116 Å². The van der Waals surface area contributed by atoms with Gasteiger partial charge in [0.1, 0.15) is 28.0 Å². The van der Waals surface area contributed by atoms with Crippen molar-refractivity contribution in [2.45, 2.75) is 0 Å². The Kier molecular flexibility index (Phi) is 6.27. The molecule has 12 rings (SSSR count). The summed E-state index contributed by atoms with van der Waals surface area (Å²) in [5, 5.41) is 7.71. The maximum absolute atomic E-state index is 6.51. The molecule has 256 valence electrons. The molecule has 12 aromatic rings. The second-order valence-corrected chi connectivity index (χ2v) is 14.1. The van der Waals surface area contributed by atoms with E-state index in [1.54, 1.807) is 0 Å². The number of hydrogen-bond donors (Lipinski definition) is 0. The fourth-order valence-corrected chi connectivity index (χ4v) is 8.44. The van der Waals surface area contributed by atoms with Crippen LogP contribution in [0.5, 0.6) is 0 Å². The smallest absolute Gasteiger partial charge is 0.180 e. The van der Waals surface area contributed by atoms with Crippen molar-refractivity contribution in [3.63, 3.8) is 0 Å². The van der Waals surface area contributed by atoms with Gasteiger partial charge in [-0.15, -0.1) is 0 Å². The predicted octanol–water partition coefficient (Wildman–Crippen LogP) is 13.5. The quantitative estimate of drug-likeness (QED) is 0.183. The highest BCUT2D eigenvalue weighted by Gasteiger charge is 2.22. The Morgan fingerprint density at radius 3 is 2.02 bits per heavy atom. The fraction of sp³-hybridized carbons (Fsp3) is 0. The second kappa shape index (κ2) is 11.5. The van der Waals surface area contributed by atoms with E-state index in [4.69, 9.17) is 18.8 Å². The van der Waals surface area contributed by atoms with Crippen LogP contribution in [-0.2, 0) is 0 Å². The third-order valence-electron chi connectivity index (χ3n) is 11.0. The first kappa shape index (κ1) is 30.0. The van der Waals surface area contributed by atoms with E-state index in [1.807, 2.05) is 30.3 Å². The first-order valence-electron chi connectivity index (χ1n) is 18.5. The van der Waals surface area contributed by atoms with Crippen molar-refractivity contribution in [3.05, 3.63) is 176 Å². The van der Waals surface area contributed by atoms with Gasteiger partial charge in [0.2, 0.25) is 0 Å². The Balaban J connectivity index is 1.07. The van der Waals surface area contributed by atoms with E-state index in [0.29, 0.717) is 11.4 Å². The van der Waals surface area contributed by atoms with Gasteiger partial charge >= 0.3 is 0 Å². The number of para-hydroxylation sites is 3. The van der Waals surface area contributed by atoms with Crippen LogP contribution >= 0.6 is 0 Å². The highest BCUT2D eigenvalue weighted by atomic mass is 16.3. The van der Waals surface area contributed by atoms with Crippen LogP contribution in [0.1, 0.15) is 0 Å². The van der Waals surface area contributed by atoms with Crippen LogP contribution in [0, 0.1) is 0 Å². The van der Waals surface area contributed by atoms with Gasteiger partial charge < -0.3 is 13.4 Å². The van der Waals surface area contributed by atoms with Gasteiger partial charge in [0.25, 0.3) is 0 Å². The largest absolute Gasteiger partial charge is 0.456 e. The van der Waals surface area contributed by atoms with E-state index in [1.165, 1.54) is 27.2 Å². The number of hydrogen-bond acceptors (Lipinski definition) is 4. The Hall–Kier alpha value is -7.50. The third kappa shape index (κ3) is 4.53. The molecule has 4 heterocycles. The van der Waals surface area contributed by atoms with Gasteiger partial charge in [0.15, 0.2) is 11.4 Å². The van der Waals surface area contributed by atoms with Crippen LogP contribution in [0.4, 0.5) is 0 Å². The van der Waals surface area contributed by atoms with Crippen LogP contribution in [0.15, 0.2) is 185 Å². The van der Waals surface area contributed by atoms with Crippen molar-refractivity contribution in [3.8, 4) is 39.5 Å². The standard InChI is InChI=1S/C50H29N3O2/c1-2-13-35(14-3-1)53-41-18-8-6-15-36(41)39-28-32(23-25-42(39)53)33-24-26-44-40(29-33)46-38(17-10-20-45(46)54-44)50-51-47(34-22-21-30-11-4-5-12-31(30)27-34)49-48(52-50)37-16-7-9-19-43(37)55-49/h1-29H. The van der Waals surface area contributed by atoms with Crippen LogP contribution in [0.3, 0.4) is 0 Å². The summed E-state index contributed by atoms with van der Waals surface area (Å²) in [4.78, 5) is 10.5. The zero-order chi connectivity index (χ0) is 36.0. The summed E-state index contributed by atoms with van der Waals surface area (Å²) < 4.78 is 15.3. The molecule has 55 heavy (non-hydrogen) atoms. The van der Waals surface area contributed by atoms with Gasteiger partial charge in [-0.1, -0.05) is 109 Å². The molecule has 0 aliphatic rings. The van der Waals surface area contributed by atoms with Gasteiger partial charge in [-0.2, -0.15) is 0 Å². The molecular weight excluding hydrogens is 675 g/mol. The van der Waals surface area contributed by atoms with Gasteiger partial charge in [-0.05, 0) is 88.6 Å². The molecule has 0 aliphatic heterocycles. The Morgan fingerprint density at radius 2 is 1.11 bits per heavy atom. The van der Waals surface area contributed by atoms with E-state index >= 15 is 0 Å². The average Bonchev–Trinajstić information content (AvgIpc) is 3.92. The lowest BCUT2D eigenvalue weighted by molar-refractivity contribution is 0.667. The van der Waals surface area contributed by atoms with Gasteiger partial charge in [-0.3, -0.25) is 0 Å².